The van der Waals surface area contributed by atoms with E-state index in [4.69, 9.17) is 4.74 Å². The number of thioether (sulfide) groups is 1. The van der Waals surface area contributed by atoms with Gasteiger partial charge in [-0.05, 0) is 63.5 Å². The molecule has 4 rings (SSSR count). The minimum absolute atomic E-state index is 0.0559. The van der Waals surface area contributed by atoms with Crippen LogP contribution in [-0.4, -0.2) is 45.1 Å². The zero-order chi connectivity index (χ0) is 23.0. The number of hydrogen-bond donors (Lipinski definition) is 0. The van der Waals surface area contributed by atoms with Gasteiger partial charge in [0.05, 0.1) is 19.7 Å². The quantitative estimate of drug-likeness (QED) is 0.303. The van der Waals surface area contributed by atoms with Crippen molar-refractivity contribution in [1.82, 2.24) is 19.7 Å². The number of likely N-dealkylation sites (tertiary alicyclic amines) is 1. The van der Waals surface area contributed by atoms with Crippen molar-refractivity contribution < 1.29 is 9.53 Å². The van der Waals surface area contributed by atoms with E-state index in [9.17, 15) is 4.79 Å². The number of carbonyl (C=O) groups is 1. The van der Waals surface area contributed by atoms with Crippen molar-refractivity contribution in [3.8, 4) is 5.75 Å². The second kappa shape index (κ2) is 11.5. The number of aromatic nitrogens is 3. The van der Waals surface area contributed by atoms with E-state index in [0.29, 0.717) is 17.9 Å². The number of hydrogen-bond acceptors (Lipinski definition) is 6. The molecule has 0 atom stereocenters. The molecule has 2 heterocycles. The summed E-state index contributed by atoms with van der Waals surface area (Å²) in [6.07, 6.45) is 3.82. The summed E-state index contributed by atoms with van der Waals surface area (Å²) in [5.41, 5.74) is 2.93. The van der Waals surface area contributed by atoms with Gasteiger partial charge in [-0.25, -0.2) is 0 Å². The maximum Gasteiger partial charge on any atom is 0.191 e. The third-order valence-electron chi connectivity index (χ3n) is 5.91. The summed E-state index contributed by atoms with van der Waals surface area (Å²) >= 11 is 1.64. The number of nitrogens with zero attached hydrogens (tertiary/aromatic N) is 4. The number of carbonyl (C=O) groups excluding carboxylic acids is 1. The van der Waals surface area contributed by atoms with E-state index in [1.807, 2.05) is 31.2 Å². The Hall–Kier alpha value is -2.64. The van der Waals surface area contributed by atoms with Crippen molar-refractivity contribution in [2.45, 2.75) is 57.1 Å². The molecule has 2 aromatic carbocycles. The minimum atomic E-state index is 0.0559. The molecule has 0 aliphatic carbocycles. The molecule has 33 heavy (non-hydrogen) atoms. The Morgan fingerprint density at radius 1 is 1.03 bits per heavy atom. The van der Waals surface area contributed by atoms with Crippen LogP contribution in [0.3, 0.4) is 0 Å². The Kier molecular flexibility index (Phi) is 8.18. The normalized spacial score (nSPS) is 14.4. The summed E-state index contributed by atoms with van der Waals surface area (Å²) in [7, 11) is 0. The molecule has 0 N–H and O–H groups in total. The molecular formula is C26H32N4O2S. The first-order valence-corrected chi connectivity index (χ1v) is 12.7. The maximum atomic E-state index is 11.9. The number of ether oxygens (including phenoxy) is 1. The molecule has 0 radical (unpaired) electrons. The Labute approximate surface area is 200 Å². The average molecular weight is 465 g/mol. The van der Waals surface area contributed by atoms with Gasteiger partial charge >= 0.3 is 0 Å². The maximum absolute atomic E-state index is 11.9. The largest absolute Gasteiger partial charge is 0.494 e. The molecule has 0 bridgehead atoms. The highest BCUT2D eigenvalue weighted by Gasteiger charge is 2.19. The van der Waals surface area contributed by atoms with Crippen molar-refractivity contribution in [2.24, 2.45) is 0 Å². The van der Waals surface area contributed by atoms with Gasteiger partial charge in [0.15, 0.2) is 10.9 Å². The highest BCUT2D eigenvalue weighted by molar-refractivity contribution is 7.98. The van der Waals surface area contributed by atoms with Crippen molar-refractivity contribution in [3.63, 3.8) is 0 Å². The smallest absolute Gasteiger partial charge is 0.191 e. The Morgan fingerprint density at radius 2 is 1.82 bits per heavy atom. The van der Waals surface area contributed by atoms with E-state index >= 15 is 0 Å². The molecule has 1 aromatic heterocycles. The minimum Gasteiger partial charge on any atom is -0.494 e. The van der Waals surface area contributed by atoms with Gasteiger partial charge in [-0.15, -0.1) is 10.2 Å². The molecule has 7 heteroatoms. The van der Waals surface area contributed by atoms with Gasteiger partial charge in [0.25, 0.3) is 0 Å². The third kappa shape index (κ3) is 6.24. The molecule has 0 amide bonds. The summed E-state index contributed by atoms with van der Waals surface area (Å²) in [5.74, 6) is 2.54. The molecule has 0 unspecified atom stereocenters. The van der Waals surface area contributed by atoms with Crippen LogP contribution in [0.2, 0.25) is 0 Å². The van der Waals surface area contributed by atoms with Crippen LogP contribution in [0.4, 0.5) is 0 Å². The fourth-order valence-corrected chi connectivity index (χ4v) is 5.07. The molecule has 1 fully saturated rings. The van der Waals surface area contributed by atoms with Crippen LogP contribution in [-0.2, 0) is 18.8 Å². The fraction of sp³-hybridized carbons (Fsp3) is 0.423. The standard InChI is InChI=1S/C26H32N4O2S/c1-3-32-24-13-12-22(20(2)31)16-23(24)19-33-26-28-27-25(18-29-14-8-5-9-15-29)30(26)17-21-10-6-4-7-11-21/h4,6-7,10-13,16H,3,5,8-9,14-15,17-19H2,1-2H3. The molecule has 6 nitrogen and oxygen atoms in total. The number of benzene rings is 2. The van der Waals surface area contributed by atoms with Gasteiger partial charge in [0.1, 0.15) is 11.6 Å². The van der Waals surface area contributed by atoms with E-state index in [0.717, 1.165) is 48.5 Å². The van der Waals surface area contributed by atoms with Crippen LogP contribution in [0, 0.1) is 0 Å². The second-order valence-corrected chi connectivity index (χ2v) is 9.35. The molecule has 1 aliphatic heterocycles. The van der Waals surface area contributed by atoms with Crippen LogP contribution in [0.15, 0.2) is 53.7 Å². The Balaban J connectivity index is 1.58. The van der Waals surface area contributed by atoms with Crippen LogP contribution in [0.1, 0.15) is 60.4 Å². The van der Waals surface area contributed by atoms with Crippen LogP contribution in [0.5, 0.6) is 5.75 Å². The van der Waals surface area contributed by atoms with Gasteiger partial charge in [0, 0.05) is 16.9 Å². The zero-order valence-corrected chi connectivity index (χ0v) is 20.3. The first-order chi connectivity index (χ1) is 16.1. The predicted molar refractivity (Wildman–Crippen MR) is 132 cm³/mol. The Morgan fingerprint density at radius 3 is 2.55 bits per heavy atom. The van der Waals surface area contributed by atoms with Crippen molar-refractivity contribution in [3.05, 3.63) is 71.0 Å². The fourth-order valence-electron chi connectivity index (χ4n) is 4.13. The van der Waals surface area contributed by atoms with E-state index in [1.54, 1.807) is 18.7 Å². The van der Waals surface area contributed by atoms with Crippen molar-refractivity contribution in [2.75, 3.05) is 19.7 Å². The lowest BCUT2D eigenvalue weighted by molar-refractivity contribution is 0.101. The Bertz CT molecular complexity index is 1060. The zero-order valence-electron chi connectivity index (χ0n) is 19.5. The lowest BCUT2D eigenvalue weighted by atomic mass is 10.1. The van der Waals surface area contributed by atoms with Gasteiger partial charge in [-0.1, -0.05) is 48.5 Å². The number of ketones is 1. The number of rotatable bonds is 10. The van der Waals surface area contributed by atoms with Gasteiger partial charge < -0.3 is 9.30 Å². The first-order valence-electron chi connectivity index (χ1n) is 11.7. The number of Topliss-reactive ketones (excluding diaryl/α,β-unsaturated/α-hetero) is 1. The lowest BCUT2D eigenvalue weighted by Crippen LogP contribution is -2.30. The van der Waals surface area contributed by atoms with Crippen molar-refractivity contribution in [1.29, 1.82) is 0 Å². The topological polar surface area (TPSA) is 60.2 Å². The van der Waals surface area contributed by atoms with Crippen LogP contribution < -0.4 is 4.74 Å². The lowest BCUT2D eigenvalue weighted by Gasteiger charge is -2.26. The SMILES string of the molecule is CCOc1ccc(C(C)=O)cc1CSc1nnc(CN2CCCCC2)n1Cc1ccccc1. The molecule has 0 spiro atoms. The molecule has 1 saturated heterocycles. The summed E-state index contributed by atoms with van der Waals surface area (Å²) in [6.45, 7) is 7.96. The van der Waals surface area contributed by atoms with Crippen LogP contribution in [0.25, 0.3) is 0 Å². The van der Waals surface area contributed by atoms with Gasteiger partial charge in [0.2, 0.25) is 0 Å². The van der Waals surface area contributed by atoms with Crippen LogP contribution >= 0.6 is 11.8 Å². The molecule has 0 saturated carbocycles. The van der Waals surface area contributed by atoms with E-state index in [1.165, 1.54) is 24.8 Å². The third-order valence-corrected chi connectivity index (χ3v) is 6.93. The number of piperidine rings is 1. The van der Waals surface area contributed by atoms with E-state index in [2.05, 4.69) is 43.9 Å². The predicted octanol–water partition coefficient (Wildman–Crippen LogP) is 5.21. The highest BCUT2D eigenvalue weighted by atomic mass is 32.2. The second-order valence-electron chi connectivity index (χ2n) is 8.41. The highest BCUT2D eigenvalue weighted by Crippen LogP contribution is 2.29. The molecule has 1 aliphatic rings. The summed E-state index contributed by atoms with van der Waals surface area (Å²) in [5, 5.41) is 10.0. The first kappa shape index (κ1) is 23.5. The summed E-state index contributed by atoms with van der Waals surface area (Å²) in [6, 6.07) is 16.1. The summed E-state index contributed by atoms with van der Waals surface area (Å²) in [4.78, 5) is 14.4. The molecule has 174 valence electrons. The van der Waals surface area contributed by atoms with Gasteiger partial charge in [-0.3, -0.25) is 9.69 Å². The molecule has 3 aromatic rings. The van der Waals surface area contributed by atoms with E-state index < -0.39 is 0 Å². The van der Waals surface area contributed by atoms with E-state index in [-0.39, 0.29) is 5.78 Å². The monoisotopic (exact) mass is 464 g/mol. The van der Waals surface area contributed by atoms with Crippen molar-refractivity contribution >= 4 is 17.5 Å². The summed E-state index contributed by atoms with van der Waals surface area (Å²) < 4.78 is 8.06. The average Bonchev–Trinajstić information content (AvgIpc) is 3.20. The molecular weight excluding hydrogens is 432 g/mol. The van der Waals surface area contributed by atoms with Gasteiger partial charge in [-0.2, -0.15) is 0 Å².